The Morgan fingerprint density at radius 3 is 2.38 bits per heavy atom. The van der Waals surface area contributed by atoms with Gasteiger partial charge in [-0.05, 0) is 18.1 Å². The minimum absolute atomic E-state index is 0.0295. The summed E-state index contributed by atoms with van der Waals surface area (Å²) in [6.45, 7) is 3.67. The van der Waals surface area contributed by atoms with E-state index in [4.69, 9.17) is 0 Å². The van der Waals surface area contributed by atoms with E-state index in [9.17, 15) is 23.5 Å². The number of halogens is 2. The fourth-order valence-electron chi connectivity index (χ4n) is 2.32. The Balaban J connectivity index is 2.44. The molecule has 7 heteroatoms. The van der Waals surface area contributed by atoms with E-state index >= 15 is 0 Å². The van der Waals surface area contributed by atoms with Crippen LogP contribution < -0.4 is 0 Å². The van der Waals surface area contributed by atoms with Crippen LogP contribution in [-0.2, 0) is 4.79 Å². The van der Waals surface area contributed by atoms with Crippen molar-refractivity contribution in [2.24, 2.45) is 5.92 Å². The molecule has 21 heavy (non-hydrogen) atoms. The molecule has 4 nitrogen and oxygen atoms in total. The zero-order chi connectivity index (χ0) is 15.7. The lowest BCUT2D eigenvalue weighted by molar-refractivity contribution is -0.141. The Labute approximate surface area is 125 Å². The van der Waals surface area contributed by atoms with Crippen LogP contribution in [0.15, 0.2) is 18.2 Å². The molecule has 1 amide bonds. The number of carboxylic acids is 1. The monoisotopic (exact) mass is 315 g/mol. The quantitative estimate of drug-likeness (QED) is 0.931. The van der Waals surface area contributed by atoms with Crippen LogP contribution in [0.4, 0.5) is 8.78 Å². The van der Waals surface area contributed by atoms with Crippen molar-refractivity contribution in [3.8, 4) is 0 Å². The number of hydrogen-bond acceptors (Lipinski definition) is 3. The molecule has 2 unspecified atom stereocenters. The van der Waals surface area contributed by atoms with Crippen LogP contribution in [0, 0.1) is 17.6 Å². The maximum Gasteiger partial charge on any atom is 0.327 e. The molecule has 2 rings (SSSR count). The summed E-state index contributed by atoms with van der Waals surface area (Å²) in [5.74, 6) is -3.87. The first-order valence-electron chi connectivity index (χ1n) is 6.45. The smallest absolute Gasteiger partial charge is 0.327 e. The first kappa shape index (κ1) is 15.8. The van der Waals surface area contributed by atoms with Gasteiger partial charge in [-0.1, -0.05) is 19.9 Å². The summed E-state index contributed by atoms with van der Waals surface area (Å²) in [6.07, 6.45) is 0. The van der Waals surface area contributed by atoms with E-state index in [2.05, 4.69) is 0 Å². The molecule has 2 atom stereocenters. The van der Waals surface area contributed by atoms with E-state index < -0.39 is 40.5 Å². The lowest BCUT2D eigenvalue weighted by Gasteiger charge is -2.30. The van der Waals surface area contributed by atoms with Crippen molar-refractivity contribution < 1.29 is 23.5 Å². The summed E-state index contributed by atoms with van der Waals surface area (Å²) in [7, 11) is 0. The summed E-state index contributed by atoms with van der Waals surface area (Å²) in [5, 5.41) is 8.80. The fraction of sp³-hybridized carbons (Fsp3) is 0.429. The van der Waals surface area contributed by atoms with Crippen LogP contribution in [-0.4, -0.2) is 39.1 Å². The SMILES string of the molecule is CC(C)C1SCC(C(=O)O)N1C(=O)c1c(F)cccc1F. The van der Waals surface area contributed by atoms with Crippen molar-refractivity contribution in [1.82, 2.24) is 4.90 Å². The topological polar surface area (TPSA) is 57.6 Å². The van der Waals surface area contributed by atoms with E-state index in [0.717, 1.165) is 23.1 Å². The number of amides is 1. The third kappa shape index (κ3) is 2.88. The molecule has 0 bridgehead atoms. The summed E-state index contributed by atoms with van der Waals surface area (Å²) in [5.41, 5.74) is -0.697. The summed E-state index contributed by atoms with van der Waals surface area (Å²) in [6, 6.07) is 2.06. The average Bonchev–Trinajstić information content (AvgIpc) is 2.83. The molecule has 1 aliphatic heterocycles. The van der Waals surface area contributed by atoms with Crippen molar-refractivity contribution in [3.05, 3.63) is 35.4 Å². The number of nitrogens with zero attached hydrogens (tertiary/aromatic N) is 1. The largest absolute Gasteiger partial charge is 0.480 e. The van der Waals surface area contributed by atoms with Gasteiger partial charge in [-0.15, -0.1) is 11.8 Å². The van der Waals surface area contributed by atoms with Crippen LogP contribution in [0.3, 0.4) is 0 Å². The van der Waals surface area contributed by atoms with Crippen molar-refractivity contribution in [2.75, 3.05) is 5.75 Å². The van der Waals surface area contributed by atoms with Gasteiger partial charge in [-0.2, -0.15) is 0 Å². The van der Waals surface area contributed by atoms with Crippen LogP contribution in [0.25, 0.3) is 0 Å². The Morgan fingerprint density at radius 2 is 1.90 bits per heavy atom. The highest BCUT2D eigenvalue weighted by molar-refractivity contribution is 8.00. The van der Waals surface area contributed by atoms with E-state index in [0.29, 0.717) is 0 Å². The molecule has 1 saturated heterocycles. The number of carbonyl (C=O) groups excluding carboxylic acids is 1. The zero-order valence-corrected chi connectivity index (χ0v) is 12.4. The van der Waals surface area contributed by atoms with Gasteiger partial charge in [0.05, 0.1) is 5.37 Å². The van der Waals surface area contributed by atoms with Crippen molar-refractivity contribution in [1.29, 1.82) is 0 Å². The molecule has 1 N–H and O–H groups in total. The zero-order valence-electron chi connectivity index (χ0n) is 11.5. The van der Waals surface area contributed by atoms with E-state index in [1.165, 1.54) is 11.8 Å². The first-order valence-corrected chi connectivity index (χ1v) is 7.50. The standard InChI is InChI=1S/C14H15F2NO3S/c1-7(2)13-17(10(6-21-13)14(19)20)12(18)11-8(15)4-3-5-9(11)16/h3-5,7,10,13H,6H2,1-2H3,(H,19,20). The molecule has 1 heterocycles. The second-order valence-corrected chi connectivity index (χ2v) is 6.28. The lowest BCUT2D eigenvalue weighted by atomic mass is 10.1. The van der Waals surface area contributed by atoms with Crippen molar-refractivity contribution >= 4 is 23.6 Å². The molecule has 0 aliphatic carbocycles. The van der Waals surface area contributed by atoms with Crippen LogP contribution in [0.2, 0.25) is 0 Å². The lowest BCUT2D eigenvalue weighted by Crippen LogP contribution is -2.47. The number of rotatable bonds is 3. The number of benzene rings is 1. The maximum atomic E-state index is 13.8. The minimum atomic E-state index is -1.17. The van der Waals surface area contributed by atoms with Gasteiger partial charge in [0.2, 0.25) is 0 Å². The molecule has 0 radical (unpaired) electrons. The van der Waals surface area contributed by atoms with Gasteiger partial charge in [0, 0.05) is 5.75 Å². The van der Waals surface area contributed by atoms with Gasteiger partial charge in [0.25, 0.3) is 5.91 Å². The highest BCUT2D eigenvalue weighted by Gasteiger charge is 2.44. The molecule has 1 fully saturated rings. The Bertz CT molecular complexity index is 559. The predicted molar refractivity (Wildman–Crippen MR) is 75.0 cm³/mol. The van der Waals surface area contributed by atoms with Gasteiger partial charge in [-0.25, -0.2) is 13.6 Å². The Morgan fingerprint density at radius 1 is 1.33 bits per heavy atom. The number of hydrogen-bond donors (Lipinski definition) is 1. The van der Waals surface area contributed by atoms with Gasteiger partial charge >= 0.3 is 5.97 Å². The first-order chi connectivity index (χ1) is 9.84. The average molecular weight is 315 g/mol. The minimum Gasteiger partial charge on any atom is -0.480 e. The van der Waals surface area contributed by atoms with Gasteiger partial charge < -0.3 is 10.0 Å². The second kappa shape index (κ2) is 6.01. The fourth-order valence-corrected chi connectivity index (χ4v) is 3.79. The van der Waals surface area contributed by atoms with Gasteiger partial charge in [0.15, 0.2) is 0 Å². The van der Waals surface area contributed by atoms with Gasteiger partial charge in [0.1, 0.15) is 23.2 Å². The van der Waals surface area contributed by atoms with Crippen molar-refractivity contribution in [3.63, 3.8) is 0 Å². The van der Waals surface area contributed by atoms with E-state index in [-0.39, 0.29) is 11.7 Å². The molecule has 0 spiro atoms. The number of thioether (sulfide) groups is 1. The highest BCUT2D eigenvalue weighted by atomic mass is 32.2. The molecule has 0 aromatic heterocycles. The maximum absolute atomic E-state index is 13.8. The number of carboxylic acid groups (broad SMARTS) is 1. The van der Waals surface area contributed by atoms with E-state index in [1.807, 2.05) is 13.8 Å². The third-order valence-corrected chi connectivity index (χ3v) is 4.92. The molecular formula is C14H15F2NO3S. The van der Waals surface area contributed by atoms with E-state index in [1.54, 1.807) is 0 Å². The summed E-state index contributed by atoms with van der Waals surface area (Å²) < 4.78 is 27.5. The Hall–Kier alpha value is -1.63. The van der Waals surface area contributed by atoms with Crippen molar-refractivity contribution in [2.45, 2.75) is 25.3 Å². The van der Waals surface area contributed by atoms with Crippen LogP contribution in [0.1, 0.15) is 24.2 Å². The molecule has 0 saturated carbocycles. The number of carbonyl (C=O) groups is 2. The molecule has 1 aliphatic rings. The Kier molecular flexibility index (Phi) is 4.51. The predicted octanol–water partition coefficient (Wildman–Crippen LogP) is 2.59. The summed E-state index contributed by atoms with van der Waals surface area (Å²) >= 11 is 1.31. The van der Waals surface area contributed by atoms with Crippen LogP contribution >= 0.6 is 11.8 Å². The molecule has 1 aromatic carbocycles. The van der Waals surface area contributed by atoms with Crippen LogP contribution in [0.5, 0.6) is 0 Å². The summed E-state index contributed by atoms with van der Waals surface area (Å²) in [4.78, 5) is 24.9. The molecular weight excluding hydrogens is 300 g/mol. The molecule has 114 valence electrons. The molecule has 1 aromatic rings. The highest BCUT2D eigenvalue weighted by Crippen LogP contribution is 2.35. The van der Waals surface area contributed by atoms with Gasteiger partial charge in [-0.3, -0.25) is 4.79 Å². The number of aliphatic carboxylic acids is 1. The normalized spacial score (nSPS) is 21.9. The second-order valence-electron chi connectivity index (χ2n) is 5.13. The third-order valence-electron chi connectivity index (χ3n) is 3.30.